The predicted molar refractivity (Wildman–Crippen MR) is 117 cm³/mol. The normalized spacial score (nSPS) is 15.8. The molecule has 1 aliphatic rings. The van der Waals surface area contributed by atoms with Gasteiger partial charge in [-0.25, -0.2) is 8.42 Å². The molecule has 4 rings (SSSR count). The Morgan fingerprint density at radius 1 is 1.03 bits per heavy atom. The highest BCUT2D eigenvalue weighted by atomic mass is 35.5. The van der Waals surface area contributed by atoms with Gasteiger partial charge in [0.05, 0.1) is 23.7 Å². The highest BCUT2D eigenvalue weighted by Gasteiger charge is 2.32. The first-order valence-corrected chi connectivity index (χ1v) is 11.7. The summed E-state index contributed by atoms with van der Waals surface area (Å²) in [5, 5.41) is 4.27. The number of halogens is 2. The Balaban J connectivity index is 1.39. The number of rotatable bonds is 6. The van der Waals surface area contributed by atoms with Gasteiger partial charge in [0, 0.05) is 31.7 Å². The predicted octanol–water partition coefficient (Wildman–Crippen LogP) is 3.56. The molecule has 2 heterocycles. The summed E-state index contributed by atoms with van der Waals surface area (Å²) in [6, 6.07) is 12.0. The van der Waals surface area contributed by atoms with Gasteiger partial charge in [-0.2, -0.15) is 9.29 Å². The molecule has 2 aromatic carbocycles. The monoisotopic (exact) mass is 482 g/mol. The summed E-state index contributed by atoms with van der Waals surface area (Å²) in [4.78, 5) is 6.45. The van der Waals surface area contributed by atoms with Gasteiger partial charge in [0.25, 0.3) is 0 Å². The lowest BCUT2D eigenvalue weighted by molar-refractivity contribution is 0.163. The summed E-state index contributed by atoms with van der Waals surface area (Å²) < 4.78 is 37.9. The third-order valence-electron chi connectivity index (χ3n) is 5.02. The van der Waals surface area contributed by atoms with E-state index in [1.54, 1.807) is 13.2 Å². The first kappa shape index (κ1) is 22.0. The second-order valence-corrected chi connectivity index (χ2v) is 9.66. The molecule has 0 radical (unpaired) electrons. The zero-order chi connectivity index (χ0) is 22.0. The lowest BCUT2D eigenvalue weighted by Gasteiger charge is -2.33. The fraction of sp³-hybridized carbons (Fsp3) is 0.300. The van der Waals surface area contributed by atoms with Crippen LogP contribution in [0.15, 0.2) is 51.9 Å². The van der Waals surface area contributed by atoms with E-state index >= 15 is 0 Å². The molecule has 1 fully saturated rings. The molecule has 0 atom stereocenters. The third-order valence-corrected chi connectivity index (χ3v) is 7.88. The number of hydrogen-bond acceptors (Lipinski definition) is 7. The molecule has 0 N–H and O–H groups in total. The number of aromatic nitrogens is 2. The Morgan fingerprint density at radius 3 is 2.29 bits per heavy atom. The highest BCUT2D eigenvalue weighted by molar-refractivity contribution is 7.89. The third kappa shape index (κ3) is 4.70. The highest BCUT2D eigenvalue weighted by Crippen LogP contribution is 2.32. The summed E-state index contributed by atoms with van der Waals surface area (Å²) in [5.74, 6) is 1.71. The van der Waals surface area contributed by atoms with Gasteiger partial charge in [0.2, 0.25) is 21.7 Å². The minimum atomic E-state index is -3.78. The lowest BCUT2D eigenvalue weighted by atomic mass is 10.2. The maximum absolute atomic E-state index is 13.0. The number of ether oxygens (including phenoxy) is 1. The van der Waals surface area contributed by atoms with E-state index in [2.05, 4.69) is 15.0 Å². The van der Waals surface area contributed by atoms with Crippen molar-refractivity contribution in [3.8, 4) is 17.1 Å². The van der Waals surface area contributed by atoms with Crippen LogP contribution in [0.4, 0.5) is 0 Å². The maximum Gasteiger partial charge on any atom is 0.246 e. The smallest absolute Gasteiger partial charge is 0.246 e. The summed E-state index contributed by atoms with van der Waals surface area (Å²) in [5.41, 5.74) is 0.823. The fourth-order valence-corrected chi connectivity index (χ4v) is 5.87. The van der Waals surface area contributed by atoms with E-state index in [1.165, 1.54) is 16.4 Å². The van der Waals surface area contributed by atoms with Crippen molar-refractivity contribution in [3.63, 3.8) is 0 Å². The minimum Gasteiger partial charge on any atom is -0.497 e. The van der Waals surface area contributed by atoms with Crippen LogP contribution in [0.5, 0.6) is 5.75 Å². The second kappa shape index (κ2) is 9.13. The van der Waals surface area contributed by atoms with Crippen LogP contribution in [-0.2, 0) is 16.6 Å². The molecule has 11 heteroatoms. The quantitative estimate of drug-likeness (QED) is 0.530. The van der Waals surface area contributed by atoms with Crippen LogP contribution in [-0.4, -0.2) is 61.1 Å². The Morgan fingerprint density at radius 2 is 1.68 bits per heavy atom. The minimum absolute atomic E-state index is 0.0483. The molecule has 0 unspecified atom stereocenters. The number of hydrogen-bond donors (Lipinski definition) is 0. The van der Waals surface area contributed by atoms with E-state index < -0.39 is 10.0 Å². The average Bonchev–Trinajstić information content (AvgIpc) is 3.22. The Labute approximate surface area is 190 Å². The molecular formula is C20H20Cl2N4O4S. The van der Waals surface area contributed by atoms with Crippen LogP contribution in [0.1, 0.15) is 5.89 Å². The maximum atomic E-state index is 13.0. The lowest BCUT2D eigenvalue weighted by Crippen LogP contribution is -2.48. The molecular weight excluding hydrogens is 463 g/mol. The fourth-order valence-electron chi connectivity index (χ4n) is 3.35. The van der Waals surface area contributed by atoms with E-state index in [0.717, 1.165) is 11.3 Å². The van der Waals surface area contributed by atoms with E-state index in [0.29, 0.717) is 44.4 Å². The zero-order valence-electron chi connectivity index (χ0n) is 16.7. The Hall–Kier alpha value is -2.17. The molecule has 0 saturated carbocycles. The largest absolute Gasteiger partial charge is 0.497 e. The molecule has 0 spiro atoms. The number of nitrogens with zero attached hydrogens (tertiary/aromatic N) is 4. The number of methoxy groups -OCH3 is 1. The molecule has 1 saturated heterocycles. The van der Waals surface area contributed by atoms with E-state index in [4.69, 9.17) is 32.5 Å². The van der Waals surface area contributed by atoms with Gasteiger partial charge in [-0.3, -0.25) is 4.90 Å². The van der Waals surface area contributed by atoms with Gasteiger partial charge in [-0.15, -0.1) is 0 Å². The molecule has 1 aliphatic heterocycles. The molecule has 31 heavy (non-hydrogen) atoms. The van der Waals surface area contributed by atoms with Gasteiger partial charge in [0.1, 0.15) is 10.6 Å². The van der Waals surface area contributed by atoms with Crippen molar-refractivity contribution in [1.82, 2.24) is 19.3 Å². The number of sulfonamides is 1. The first-order valence-electron chi connectivity index (χ1n) is 9.52. The van der Waals surface area contributed by atoms with Gasteiger partial charge >= 0.3 is 0 Å². The SMILES string of the molecule is COc1ccc(-c2noc(CN3CCN(S(=O)(=O)c4c(Cl)cccc4Cl)CC3)n2)cc1. The standard InChI is InChI=1S/C20H20Cl2N4O4S/c1-29-15-7-5-14(6-8-15)20-23-18(30-24-20)13-25-9-11-26(12-10-25)31(27,28)19-16(21)3-2-4-17(19)22/h2-8H,9-13H2,1H3. The van der Waals surface area contributed by atoms with E-state index in [-0.39, 0.29) is 14.9 Å². The van der Waals surface area contributed by atoms with Gasteiger partial charge < -0.3 is 9.26 Å². The Kier molecular flexibility index (Phi) is 6.49. The number of piperazine rings is 1. The van der Waals surface area contributed by atoms with Crippen molar-refractivity contribution in [1.29, 1.82) is 0 Å². The van der Waals surface area contributed by atoms with Crippen molar-refractivity contribution < 1.29 is 17.7 Å². The van der Waals surface area contributed by atoms with Crippen LogP contribution >= 0.6 is 23.2 Å². The topological polar surface area (TPSA) is 88.8 Å². The van der Waals surface area contributed by atoms with Gasteiger partial charge in [-0.05, 0) is 36.4 Å². The van der Waals surface area contributed by atoms with E-state index in [1.807, 2.05) is 24.3 Å². The molecule has 0 bridgehead atoms. The first-order chi connectivity index (χ1) is 14.9. The van der Waals surface area contributed by atoms with Crippen molar-refractivity contribution in [3.05, 3.63) is 58.4 Å². The summed E-state index contributed by atoms with van der Waals surface area (Å²) in [6.07, 6.45) is 0. The molecule has 0 aliphatic carbocycles. The average molecular weight is 483 g/mol. The zero-order valence-corrected chi connectivity index (χ0v) is 19.0. The summed E-state index contributed by atoms with van der Waals surface area (Å²) in [7, 11) is -2.17. The summed E-state index contributed by atoms with van der Waals surface area (Å²) in [6.45, 7) is 2.08. The van der Waals surface area contributed by atoms with Crippen molar-refractivity contribution in [2.24, 2.45) is 0 Å². The second-order valence-electron chi connectivity index (χ2n) is 6.97. The molecule has 0 amide bonds. The molecule has 3 aromatic rings. The van der Waals surface area contributed by atoms with Gasteiger partial charge in [-0.1, -0.05) is 34.4 Å². The molecule has 8 nitrogen and oxygen atoms in total. The number of benzene rings is 2. The van der Waals surface area contributed by atoms with Crippen LogP contribution in [0.25, 0.3) is 11.4 Å². The van der Waals surface area contributed by atoms with Gasteiger partial charge in [0.15, 0.2) is 0 Å². The van der Waals surface area contributed by atoms with Crippen LogP contribution in [0, 0.1) is 0 Å². The van der Waals surface area contributed by atoms with E-state index in [9.17, 15) is 8.42 Å². The van der Waals surface area contributed by atoms with Crippen molar-refractivity contribution >= 4 is 33.2 Å². The molecule has 164 valence electrons. The Bertz CT molecular complexity index is 1140. The van der Waals surface area contributed by atoms with Crippen molar-refractivity contribution in [2.75, 3.05) is 33.3 Å². The van der Waals surface area contributed by atoms with Crippen LogP contribution in [0.3, 0.4) is 0 Å². The summed E-state index contributed by atoms with van der Waals surface area (Å²) >= 11 is 12.2. The van der Waals surface area contributed by atoms with Crippen LogP contribution in [0.2, 0.25) is 10.0 Å². The van der Waals surface area contributed by atoms with Crippen molar-refractivity contribution in [2.45, 2.75) is 11.4 Å². The van der Waals surface area contributed by atoms with Crippen LogP contribution < -0.4 is 4.74 Å². The molecule has 1 aromatic heterocycles.